The van der Waals surface area contributed by atoms with Crippen LogP contribution in [0.3, 0.4) is 0 Å². The Morgan fingerprint density at radius 1 is 1.14 bits per heavy atom. The second-order valence-corrected chi connectivity index (χ2v) is 5.03. The zero-order chi connectivity index (χ0) is 15.2. The molecular formula is C19H18O2. The van der Waals surface area contributed by atoms with Crippen LogP contribution in [0.4, 0.5) is 0 Å². The van der Waals surface area contributed by atoms with Crippen molar-refractivity contribution in [3.05, 3.63) is 70.8 Å². The van der Waals surface area contributed by atoms with Crippen LogP contribution in [-0.2, 0) is 0 Å². The molecule has 0 radical (unpaired) electrons. The zero-order valence-corrected chi connectivity index (χ0v) is 12.3. The van der Waals surface area contributed by atoms with Gasteiger partial charge in [-0.1, -0.05) is 53.8 Å². The van der Waals surface area contributed by atoms with Gasteiger partial charge in [0.25, 0.3) is 0 Å². The van der Waals surface area contributed by atoms with E-state index < -0.39 is 6.10 Å². The number of aliphatic hydroxyl groups is 1. The van der Waals surface area contributed by atoms with Crippen molar-refractivity contribution in [3.8, 4) is 11.8 Å². The van der Waals surface area contributed by atoms with Crippen LogP contribution in [0, 0.1) is 18.8 Å². The summed E-state index contributed by atoms with van der Waals surface area (Å²) in [6, 6.07) is 15.0. The number of benzene rings is 2. The summed E-state index contributed by atoms with van der Waals surface area (Å²) >= 11 is 0. The molecule has 2 heteroatoms. The highest BCUT2D eigenvalue weighted by Gasteiger charge is 2.13. The molecule has 0 aliphatic carbocycles. The Morgan fingerprint density at radius 3 is 2.48 bits per heavy atom. The molecule has 2 aromatic carbocycles. The summed E-state index contributed by atoms with van der Waals surface area (Å²) in [6.45, 7) is 3.53. The number of rotatable bonds is 3. The van der Waals surface area contributed by atoms with E-state index in [4.69, 9.17) is 0 Å². The number of hydrogen-bond donors (Lipinski definition) is 1. The molecule has 0 aromatic heterocycles. The number of carbonyl (C=O) groups is 1. The molecule has 1 N–H and O–H groups in total. The first kappa shape index (κ1) is 15.0. The minimum atomic E-state index is -0.747. The van der Waals surface area contributed by atoms with Crippen molar-refractivity contribution in [2.75, 3.05) is 0 Å². The predicted molar refractivity (Wildman–Crippen MR) is 84.1 cm³/mol. The Labute approximate surface area is 125 Å². The van der Waals surface area contributed by atoms with E-state index in [0.29, 0.717) is 17.5 Å². The summed E-state index contributed by atoms with van der Waals surface area (Å²) < 4.78 is 0. The van der Waals surface area contributed by atoms with E-state index in [1.165, 1.54) is 12.5 Å². The fourth-order valence-electron chi connectivity index (χ4n) is 2.10. The smallest absolute Gasteiger partial charge is 0.160 e. The van der Waals surface area contributed by atoms with Gasteiger partial charge >= 0.3 is 0 Å². The van der Waals surface area contributed by atoms with E-state index in [1.54, 1.807) is 18.2 Å². The minimum absolute atomic E-state index is 0.0452. The van der Waals surface area contributed by atoms with Crippen molar-refractivity contribution in [2.24, 2.45) is 0 Å². The van der Waals surface area contributed by atoms with Crippen LogP contribution in [0.2, 0.25) is 0 Å². The lowest BCUT2D eigenvalue weighted by molar-refractivity contribution is 0.101. The van der Waals surface area contributed by atoms with Crippen LogP contribution in [0.5, 0.6) is 0 Å². The number of hydrogen-bond acceptors (Lipinski definition) is 2. The van der Waals surface area contributed by atoms with Gasteiger partial charge in [-0.2, -0.15) is 0 Å². The monoisotopic (exact) mass is 278 g/mol. The number of carbonyl (C=O) groups excluding carboxylic acids is 1. The molecule has 2 aromatic rings. The van der Waals surface area contributed by atoms with Crippen molar-refractivity contribution in [2.45, 2.75) is 26.4 Å². The SMILES string of the molecule is CC(=O)c1ccccc1C(O)CC#Cc1ccc(C)cc1. The van der Waals surface area contributed by atoms with Gasteiger partial charge in [-0.15, -0.1) is 0 Å². The predicted octanol–water partition coefficient (Wildman–Crippen LogP) is 3.67. The molecule has 106 valence electrons. The summed E-state index contributed by atoms with van der Waals surface area (Å²) in [5.74, 6) is 5.96. The van der Waals surface area contributed by atoms with Gasteiger partial charge in [-0.05, 0) is 31.5 Å². The molecule has 0 saturated heterocycles. The second kappa shape index (κ2) is 6.88. The highest BCUT2D eigenvalue weighted by atomic mass is 16.3. The Balaban J connectivity index is 2.11. The van der Waals surface area contributed by atoms with E-state index >= 15 is 0 Å². The highest BCUT2D eigenvalue weighted by molar-refractivity contribution is 5.95. The van der Waals surface area contributed by atoms with Gasteiger partial charge in [0.05, 0.1) is 6.10 Å². The molecule has 1 atom stereocenters. The molecule has 0 spiro atoms. The number of aliphatic hydroxyl groups excluding tert-OH is 1. The molecule has 21 heavy (non-hydrogen) atoms. The topological polar surface area (TPSA) is 37.3 Å². The summed E-state index contributed by atoms with van der Waals surface area (Å²) in [5, 5.41) is 10.2. The van der Waals surface area contributed by atoms with E-state index in [0.717, 1.165) is 5.56 Å². The summed E-state index contributed by atoms with van der Waals surface area (Å²) in [6.07, 6.45) is -0.443. The number of ketones is 1. The summed E-state index contributed by atoms with van der Waals surface area (Å²) in [7, 11) is 0. The van der Waals surface area contributed by atoms with Gasteiger partial charge in [0.2, 0.25) is 0 Å². The van der Waals surface area contributed by atoms with Gasteiger partial charge in [0, 0.05) is 17.5 Å². The minimum Gasteiger partial charge on any atom is -0.387 e. The van der Waals surface area contributed by atoms with Gasteiger partial charge in [-0.25, -0.2) is 0 Å². The summed E-state index contributed by atoms with van der Waals surface area (Å²) in [5.41, 5.74) is 3.31. The molecule has 0 bridgehead atoms. The fraction of sp³-hybridized carbons (Fsp3) is 0.211. The van der Waals surface area contributed by atoms with E-state index in [2.05, 4.69) is 11.8 Å². The highest BCUT2D eigenvalue weighted by Crippen LogP contribution is 2.21. The first-order chi connectivity index (χ1) is 10.1. The van der Waals surface area contributed by atoms with Crippen LogP contribution in [0.25, 0.3) is 0 Å². The molecule has 0 saturated carbocycles. The van der Waals surface area contributed by atoms with Crippen molar-refractivity contribution in [3.63, 3.8) is 0 Å². The first-order valence-electron chi connectivity index (χ1n) is 6.91. The lowest BCUT2D eigenvalue weighted by Gasteiger charge is -2.11. The molecule has 0 amide bonds. The largest absolute Gasteiger partial charge is 0.387 e. The number of aryl methyl sites for hydroxylation is 1. The Hall–Kier alpha value is -2.37. The molecule has 0 fully saturated rings. The lowest BCUT2D eigenvalue weighted by atomic mass is 9.98. The maximum Gasteiger partial charge on any atom is 0.160 e. The Morgan fingerprint density at radius 2 is 1.81 bits per heavy atom. The third kappa shape index (κ3) is 4.05. The molecule has 1 unspecified atom stereocenters. The Kier molecular flexibility index (Phi) is 4.92. The van der Waals surface area contributed by atoms with E-state index in [9.17, 15) is 9.90 Å². The quantitative estimate of drug-likeness (QED) is 0.687. The summed E-state index contributed by atoms with van der Waals surface area (Å²) in [4.78, 5) is 11.6. The molecule has 2 rings (SSSR count). The van der Waals surface area contributed by atoms with Crippen LogP contribution < -0.4 is 0 Å². The second-order valence-electron chi connectivity index (χ2n) is 5.03. The standard InChI is InChI=1S/C19H18O2/c1-14-10-12-16(13-11-14)6-5-9-19(21)18-8-4-3-7-17(18)15(2)20/h3-4,7-8,10-13,19,21H,9H2,1-2H3. The first-order valence-corrected chi connectivity index (χ1v) is 6.91. The molecule has 0 aliphatic heterocycles. The molecular weight excluding hydrogens is 260 g/mol. The van der Waals surface area contributed by atoms with Crippen LogP contribution in [0.15, 0.2) is 48.5 Å². The van der Waals surface area contributed by atoms with E-state index in [1.807, 2.05) is 37.3 Å². The van der Waals surface area contributed by atoms with Gasteiger partial charge < -0.3 is 5.11 Å². The third-order valence-corrected chi connectivity index (χ3v) is 3.28. The normalized spacial score (nSPS) is 11.4. The van der Waals surface area contributed by atoms with Crippen molar-refractivity contribution in [1.82, 2.24) is 0 Å². The lowest BCUT2D eigenvalue weighted by Crippen LogP contribution is -2.04. The molecule has 0 aliphatic rings. The van der Waals surface area contributed by atoms with Gasteiger partial charge in [-0.3, -0.25) is 4.79 Å². The maximum atomic E-state index is 11.6. The number of Topliss-reactive ketones (excluding diaryl/α,β-unsaturated/α-hetero) is 1. The average molecular weight is 278 g/mol. The zero-order valence-electron chi connectivity index (χ0n) is 12.3. The Bertz CT molecular complexity index is 687. The van der Waals surface area contributed by atoms with Crippen LogP contribution in [-0.4, -0.2) is 10.9 Å². The third-order valence-electron chi connectivity index (χ3n) is 3.28. The van der Waals surface area contributed by atoms with Gasteiger partial charge in [0.1, 0.15) is 0 Å². The maximum absolute atomic E-state index is 11.6. The van der Waals surface area contributed by atoms with E-state index in [-0.39, 0.29) is 5.78 Å². The van der Waals surface area contributed by atoms with Crippen molar-refractivity contribution < 1.29 is 9.90 Å². The average Bonchev–Trinajstić information content (AvgIpc) is 2.49. The van der Waals surface area contributed by atoms with Crippen molar-refractivity contribution >= 4 is 5.78 Å². The van der Waals surface area contributed by atoms with Crippen LogP contribution >= 0.6 is 0 Å². The van der Waals surface area contributed by atoms with Gasteiger partial charge in [0.15, 0.2) is 5.78 Å². The molecule has 0 heterocycles. The molecule has 2 nitrogen and oxygen atoms in total. The van der Waals surface area contributed by atoms with Crippen molar-refractivity contribution in [1.29, 1.82) is 0 Å². The fourth-order valence-corrected chi connectivity index (χ4v) is 2.10. The van der Waals surface area contributed by atoms with Crippen LogP contribution in [0.1, 0.15) is 46.5 Å².